The van der Waals surface area contributed by atoms with E-state index in [0.717, 1.165) is 37.2 Å². The number of anilines is 1. The summed E-state index contributed by atoms with van der Waals surface area (Å²) in [6.45, 7) is 7.59. The lowest BCUT2D eigenvalue weighted by Crippen LogP contribution is -2.42. The third-order valence-corrected chi connectivity index (χ3v) is 4.57. The Morgan fingerprint density at radius 2 is 2.26 bits per heavy atom. The molecule has 0 amide bonds. The van der Waals surface area contributed by atoms with Crippen molar-refractivity contribution in [3.63, 3.8) is 0 Å². The summed E-state index contributed by atoms with van der Waals surface area (Å²) in [6.07, 6.45) is 2.88. The molecule has 0 aliphatic carbocycles. The summed E-state index contributed by atoms with van der Waals surface area (Å²) in [6, 6.07) is 5.67. The number of hydrogen-bond acceptors (Lipinski definition) is 4. The van der Waals surface area contributed by atoms with Crippen LogP contribution >= 0.6 is 0 Å². The Balaban J connectivity index is 1.90. The molecule has 3 N–H and O–H groups in total. The summed E-state index contributed by atoms with van der Waals surface area (Å²) >= 11 is 0. The van der Waals surface area contributed by atoms with Crippen LogP contribution < -0.4 is 15.4 Å². The van der Waals surface area contributed by atoms with Gasteiger partial charge in [0.15, 0.2) is 0 Å². The molecule has 1 aliphatic rings. The van der Waals surface area contributed by atoms with Crippen molar-refractivity contribution in [1.82, 2.24) is 5.32 Å². The highest BCUT2D eigenvalue weighted by Crippen LogP contribution is 2.30. The Kier molecular flexibility index (Phi) is 6.28. The van der Waals surface area contributed by atoms with E-state index in [2.05, 4.69) is 29.7 Å². The van der Waals surface area contributed by atoms with Gasteiger partial charge < -0.3 is 20.5 Å². The zero-order valence-corrected chi connectivity index (χ0v) is 14.3. The zero-order chi connectivity index (χ0) is 16.8. The van der Waals surface area contributed by atoms with Crippen LogP contribution in [0.4, 0.5) is 5.69 Å². The normalized spacial score (nSPS) is 19.2. The Morgan fingerprint density at radius 3 is 2.91 bits per heavy atom. The number of benzene rings is 1. The van der Waals surface area contributed by atoms with Crippen LogP contribution in [0.1, 0.15) is 39.2 Å². The molecule has 3 atom stereocenters. The maximum absolute atomic E-state index is 11.3. The van der Waals surface area contributed by atoms with Crippen molar-refractivity contribution >= 4 is 11.7 Å². The molecule has 0 bridgehead atoms. The molecule has 0 spiro atoms. The smallest absolute Gasteiger partial charge is 0.320 e. The number of ether oxygens (including phenoxy) is 1. The van der Waals surface area contributed by atoms with Crippen molar-refractivity contribution < 1.29 is 14.6 Å². The lowest BCUT2D eigenvalue weighted by molar-refractivity contribution is -0.140. The van der Waals surface area contributed by atoms with Crippen molar-refractivity contribution in [3.8, 4) is 5.75 Å². The average molecular weight is 320 g/mol. The topological polar surface area (TPSA) is 70.6 Å². The van der Waals surface area contributed by atoms with E-state index in [1.54, 1.807) is 0 Å². The molecule has 5 heteroatoms. The predicted octanol–water partition coefficient (Wildman–Crippen LogP) is 2.90. The predicted molar refractivity (Wildman–Crippen MR) is 92.2 cm³/mol. The molecular weight excluding hydrogens is 292 g/mol. The zero-order valence-electron chi connectivity index (χ0n) is 14.3. The molecule has 3 unspecified atom stereocenters. The van der Waals surface area contributed by atoms with Crippen LogP contribution in [0.2, 0.25) is 0 Å². The SMILES string of the molecule is CCC1CNc2cc(CCNC(C(=O)O)C(C)CC)ccc2O1. The second-order valence-corrected chi connectivity index (χ2v) is 6.27. The summed E-state index contributed by atoms with van der Waals surface area (Å²) in [4.78, 5) is 11.3. The summed E-state index contributed by atoms with van der Waals surface area (Å²) in [5.41, 5.74) is 2.21. The maximum atomic E-state index is 11.3. The molecule has 5 nitrogen and oxygen atoms in total. The average Bonchev–Trinajstić information content (AvgIpc) is 2.57. The number of carboxylic acids is 1. The fraction of sp³-hybridized carbons (Fsp3) is 0.611. The van der Waals surface area contributed by atoms with Gasteiger partial charge in [0.25, 0.3) is 0 Å². The van der Waals surface area contributed by atoms with Crippen LogP contribution in [0.25, 0.3) is 0 Å². The minimum atomic E-state index is -0.773. The van der Waals surface area contributed by atoms with E-state index in [1.165, 1.54) is 5.56 Å². The first-order valence-electron chi connectivity index (χ1n) is 8.54. The molecule has 1 aromatic carbocycles. The molecule has 0 saturated heterocycles. The van der Waals surface area contributed by atoms with Gasteiger partial charge in [-0.15, -0.1) is 0 Å². The van der Waals surface area contributed by atoms with Crippen LogP contribution in [0.5, 0.6) is 5.75 Å². The van der Waals surface area contributed by atoms with Gasteiger partial charge in [-0.05, 0) is 43.0 Å². The van der Waals surface area contributed by atoms with E-state index in [-0.39, 0.29) is 12.0 Å². The summed E-state index contributed by atoms with van der Waals surface area (Å²) in [5, 5.41) is 15.9. The number of fused-ring (bicyclic) bond motifs is 1. The fourth-order valence-corrected chi connectivity index (χ4v) is 2.79. The lowest BCUT2D eigenvalue weighted by atomic mass is 9.99. The molecule has 1 aromatic rings. The van der Waals surface area contributed by atoms with Crippen molar-refractivity contribution in [2.75, 3.05) is 18.4 Å². The number of hydrogen-bond donors (Lipinski definition) is 3. The van der Waals surface area contributed by atoms with E-state index in [4.69, 9.17) is 4.74 Å². The van der Waals surface area contributed by atoms with Gasteiger partial charge in [-0.2, -0.15) is 0 Å². The van der Waals surface area contributed by atoms with Gasteiger partial charge in [0, 0.05) is 0 Å². The van der Waals surface area contributed by atoms with Crippen LogP contribution in [0.3, 0.4) is 0 Å². The fourth-order valence-electron chi connectivity index (χ4n) is 2.79. The Morgan fingerprint density at radius 1 is 1.48 bits per heavy atom. The van der Waals surface area contributed by atoms with E-state index in [0.29, 0.717) is 6.54 Å². The molecule has 0 radical (unpaired) electrons. The third-order valence-electron chi connectivity index (χ3n) is 4.57. The van der Waals surface area contributed by atoms with Gasteiger partial charge in [0.1, 0.15) is 17.9 Å². The molecule has 0 saturated carbocycles. The Hall–Kier alpha value is -1.75. The van der Waals surface area contributed by atoms with Gasteiger partial charge in [0.05, 0.1) is 12.2 Å². The second-order valence-electron chi connectivity index (χ2n) is 6.27. The molecule has 0 aromatic heterocycles. The highest BCUT2D eigenvalue weighted by atomic mass is 16.5. The highest BCUT2D eigenvalue weighted by Gasteiger charge is 2.22. The largest absolute Gasteiger partial charge is 0.486 e. The maximum Gasteiger partial charge on any atom is 0.320 e. The first-order valence-corrected chi connectivity index (χ1v) is 8.54. The standard InChI is InChI=1S/C18H28N2O3/c1-4-12(3)17(18(21)22)19-9-8-13-6-7-16-15(10-13)20-11-14(5-2)23-16/h6-7,10,12,14,17,19-20H,4-5,8-9,11H2,1-3H3,(H,21,22). The first kappa shape index (κ1) is 17.6. The van der Waals surface area contributed by atoms with Crippen LogP contribution in [-0.2, 0) is 11.2 Å². The van der Waals surface area contributed by atoms with Crippen molar-refractivity contribution in [2.45, 2.75) is 52.2 Å². The number of aliphatic carboxylic acids is 1. The Bertz CT molecular complexity index is 533. The van der Waals surface area contributed by atoms with Gasteiger partial charge in [0.2, 0.25) is 0 Å². The minimum Gasteiger partial charge on any atom is -0.486 e. The molecular formula is C18H28N2O3. The number of nitrogens with one attached hydrogen (secondary N) is 2. The monoisotopic (exact) mass is 320 g/mol. The lowest BCUT2D eigenvalue weighted by Gasteiger charge is -2.27. The van der Waals surface area contributed by atoms with Crippen LogP contribution in [0.15, 0.2) is 18.2 Å². The quantitative estimate of drug-likeness (QED) is 0.687. The highest BCUT2D eigenvalue weighted by molar-refractivity contribution is 5.73. The molecule has 23 heavy (non-hydrogen) atoms. The summed E-state index contributed by atoms with van der Waals surface area (Å²) in [5.74, 6) is 0.255. The van der Waals surface area contributed by atoms with Crippen molar-refractivity contribution in [2.24, 2.45) is 5.92 Å². The van der Waals surface area contributed by atoms with Crippen LogP contribution in [0, 0.1) is 5.92 Å². The molecule has 2 rings (SSSR count). The van der Waals surface area contributed by atoms with E-state index < -0.39 is 12.0 Å². The van der Waals surface area contributed by atoms with E-state index >= 15 is 0 Å². The molecule has 1 heterocycles. The Labute approximate surface area is 138 Å². The van der Waals surface area contributed by atoms with Crippen molar-refractivity contribution in [1.29, 1.82) is 0 Å². The summed E-state index contributed by atoms with van der Waals surface area (Å²) in [7, 11) is 0. The molecule has 1 aliphatic heterocycles. The van der Waals surface area contributed by atoms with Crippen LogP contribution in [-0.4, -0.2) is 36.3 Å². The summed E-state index contributed by atoms with van der Waals surface area (Å²) < 4.78 is 5.90. The number of carbonyl (C=O) groups is 1. The minimum absolute atomic E-state index is 0.122. The first-order chi connectivity index (χ1) is 11.0. The second kappa shape index (κ2) is 8.20. The third kappa shape index (κ3) is 4.61. The van der Waals surface area contributed by atoms with Gasteiger partial charge in [-0.3, -0.25) is 4.79 Å². The van der Waals surface area contributed by atoms with E-state index in [9.17, 15) is 9.90 Å². The van der Waals surface area contributed by atoms with Gasteiger partial charge >= 0.3 is 5.97 Å². The van der Waals surface area contributed by atoms with Crippen molar-refractivity contribution in [3.05, 3.63) is 23.8 Å². The number of rotatable bonds is 8. The molecule has 0 fully saturated rings. The van der Waals surface area contributed by atoms with E-state index in [1.807, 2.05) is 19.9 Å². The number of carboxylic acid groups (broad SMARTS) is 1. The van der Waals surface area contributed by atoms with Gasteiger partial charge in [-0.1, -0.05) is 33.3 Å². The van der Waals surface area contributed by atoms with Gasteiger partial charge in [-0.25, -0.2) is 0 Å². The molecule has 128 valence electrons.